The van der Waals surface area contributed by atoms with Crippen LogP contribution in [0.3, 0.4) is 0 Å². The maximum Gasteiger partial charge on any atom is 0.311 e. The molecule has 4 nitrogen and oxygen atoms in total. The van der Waals surface area contributed by atoms with E-state index in [4.69, 9.17) is 9.47 Å². The first-order valence-corrected chi connectivity index (χ1v) is 5.75. The van der Waals surface area contributed by atoms with E-state index in [1.165, 1.54) is 0 Å². The van der Waals surface area contributed by atoms with Gasteiger partial charge in [-0.3, -0.25) is 4.79 Å². The Labute approximate surface area is 100 Å². The average molecular weight is 236 g/mol. The van der Waals surface area contributed by atoms with Gasteiger partial charge < -0.3 is 14.6 Å². The van der Waals surface area contributed by atoms with Gasteiger partial charge in [0.05, 0.1) is 25.7 Å². The van der Waals surface area contributed by atoms with Crippen LogP contribution in [0, 0.1) is 5.92 Å². The second kappa shape index (κ2) is 5.19. The summed E-state index contributed by atoms with van der Waals surface area (Å²) in [5.41, 5.74) is 0.814. The maximum atomic E-state index is 11.3. The highest BCUT2D eigenvalue weighted by atomic mass is 16.5. The number of carboxylic acids is 1. The minimum Gasteiger partial charge on any atom is -0.494 e. The Hall–Kier alpha value is -1.55. The molecule has 0 bridgehead atoms. The van der Waals surface area contributed by atoms with Gasteiger partial charge in [-0.1, -0.05) is 12.1 Å². The van der Waals surface area contributed by atoms with E-state index in [1.807, 2.05) is 31.2 Å². The topological polar surface area (TPSA) is 55.8 Å². The van der Waals surface area contributed by atoms with E-state index < -0.39 is 11.9 Å². The van der Waals surface area contributed by atoms with Gasteiger partial charge in [0.2, 0.25) is 0 Å². The average Bonchev–Trinajstić information content (AvgIpc) is 2.24. The summed E-state index contributed by atoms with van der Waals surface area (Å²) in [4.78, 5) is 11.3. The second-order valence-corrected chi connectivity index (χ2v) is 4.12. The maximum absolute atomic E-state index is 11.3. The van der Waals surface area contributed by atoms with Gasteiger partial charge in [0, 0.05) is 5.92 Å². The molecule has 1 fully saturated rings. The summed E-state index contributed by atoms with van der Waals surface area (Å²) >= 11 is 0. The lowest BCUT2D eigenvalue weighted by molar-refractivity contribution is -0.146. The fraction of sp³-hybridized carbons (Fsp3) is 0.462. The van der Waals surface area contributed by atoms with Gasteiger partial charge in [-0.2, -0.15) is 0 Å². The number of carboxylic acid groups (broad SMARTS) is 1. The zero-order chi connectivity index (χ0) is 12.3. The van der Waals surface area contributed by atoms with Gasteiger partial charge in [0.15, 0.2) is 0 Å². The van der Waals surface area contributed by atoms with E-state index in [-0.39, 0.29) is 5.92 Å². The first-order valence-electron chi connectivity index (χ1n) is 5.75. The summed E-state index contributed by atoms with van der Waals surface area (Å²) < 4.78 is 10.4. The number of aliphatic carboxylic acids is 1. The van der Waals surface area contributed by atoms with E-state index in [2.05, 4.69) is 0 Å². The molecule has 92 valence electrons. The van der Waals surface area contributed by atoms with Crippen LogP contribution >= 0.6 is 0 Å². The molecule has 1 aromatic rings. The molecule has 17 heavy (non-hydrogen) atoms. The molecule has 1 aromatic carbocycles. The van der Waals surface area contributed by atoms with Crippen molar-refractivity contribution in [2.45, 2.75) is 12.8 Å². The van der Waals surface area contributed by atoms with E-state index in [0.717, 1.165) is 11.3 Å². The van der Waals surface area contributed by atoms with Crippen molar-refractivity contribution in [2.75, 3.05) is 19.8 Å². The summed E-state index contributed by atoms with van der Waals surface area (Å²) in [6.07, 6.45) is 0. The molecular formula is C13H16O4. The van der Waals surface area contributed by atoms with Gasteiger partial charge in [0.25, 0.3) is 0 Å². The molecule has 1 unspecified atom stereocenters. The molecule has 0 radical (unpaired) electrons. The van der Waals surface area contributed by atoms with Crippen LogP contribution in [-0.4, -0.2) is 30.9 Å². The highest BCUT2D eigenvalue weighted by molar-refractivity contribution is 5.76. The smallest absolute Gasteiger partial charge is 0.311 e. The lowest BCUT2D eigenvalue weighted by atomic mass is 9.85. The first-order chi connectivity index (χ1) is 8.22. The molecular weight excluding hydrogens is 220 g/mol. The Morgan fingerprint density at radius 1 is 1.47 bits per heavy atom. The van der Waals surface area contributed by atoms with Crippen LogP contribution in [0.15, 0.2) is 24.3 Å². The Balaban J connectivity index is 2.15. The molecule has 1 atom stereocenters. The van der Waals surface area contributed by atoms with Crippen LogP contribution in [0.4, 0.5) is 0 Å². The number of hydrogen-bond donors (Lipinski definition) is 1. The largest absolute Gasteiger partial charge is 0.494 e. The third-order valence-corrected chi connectivity index (χ3v) is 2.95. The highest BCUT2D eigenvalue weighted by Gasteiger charge is 2.34. The molecule has 1 aliphatic rings. The normalized spacial score (nSPS) is 17.2. The fourth-order valence-electron chi connectivity index (χ4n) is 2.00. The third kappa shape index (κ3) is 2.58. The molecule has 0 aromatic heterocycles. The predicted octanol–water partition coefficient (Wildman–Crippen LogP) is 1.90. The lowest BCUT2D eigenvalue weighted by Crippen LogP contribution is -2.36. The number of carbonyl (C=O) groups is 1. The van der Waals surface area contributed by atoms with Crippen molar-refractivity contribution in [2.24, 2.45) is 5.92 Å². The quantitative estimate of drug-likeness (QED) is 0.848. The highest BCUT2D eigenvalue weighted by Crippen LogP contribution is 2.31. The van der Waals surface area contributed by atoms with Crippen molar-refractivity contribution in [1.82, 2.24) is 0 Å². The van der Waals surface area contributed by atoms with E-state index in [1.54, 1.807) is 0 Å². The molecule has 1 aliphatic heterocycles. The molecule has 0 spiro atoms. The Kier molecular flexibility index (Phi) is 3.64. The molecule has 0 aliphatic carbocycles. The van der Waals surface area contributed by atoms with Gasteiger partial charge >= 0.3 is 5.97 Å². The lowest BCUT2D eigenvalue weighted by Gasteiger charge is -2.31. The van der Waals surface area contributed by atoms with Crippen molar-refractivity contribution >= 4 is 5.97 Å². The summed E-state index contributed by atoms with van der Waals surface area (Å²) in [5, 5.41) is 9.25. The summed E-state index contributed by atoms with van der Waals surface area (Å²) in [6.45, 7) is 3.59. The van der Waals surface area contributed by atoms with Crippen LogP contribution < -0.4 is 4.74 Å². The Bertz CT molecular complexity index is 381. The van der Waals surface area contributed by atoms with Gasteiger partial charge in [-0.05, 0) is 24.6 Å². The number of hydrogen-bond acceptors (Lipinski definition) is 3. The van der Waals surface area contributed by atoms with Crippen molar-refractivity contribution < 1.29 is 19.4 Å². The van der Waals surface area contributed by atoms with Crippen LogP contribution in [0.25, 0.3) is 0 Å². The van der Waals surface area contributed by atoms with Crippen molar-refractivity contribution in [3.05, 3.63) is 29.8 Å². The standard InChI is InChI=1S/C13H16O4/c1-2-17-11-5-3-9(4-6-11)12(13(14)15)10-7-16-8-10/h3-6,10,12H,2,7-8H2,1H3,(H,14,15). The fourth-order valence-corrected chi connectivity index (χ4v) is 2.00. The summed E-state index contributed by atoms with van der Waals surface area (Å²) in [5.74, 6) is -0.405. The first kappa shape index (κ1) is 11.9. The predicted molar refractivity (Wildman–Crippen MR) is 62.3 cm³/mol. The third-order valence-electron chi connectivity index (χ3n) is 2.95. The minimum absolute atomic E-state index is 0.0884. The summed E-state index contributed by atoms with van der Waals surface area (Å²) in [7, 11) is 0. The molecule has 2 rings (SSSR count). The number of rotatable bonds is 5. The SMILES string of the molecule is CCOc1ccc(C(C(=O)O)C2COC2)cc1. The number of benzene rings is 1. The van der Waals surface area contributed by atoms with Crippen molar-refractivity contribution in [3.8, 4) is 5.75 Å². The Morgan fingerprint density at radius 3 is 2.53 bits per heavy atom. The molecule has 1 heterocycles. The van der Waals surface area contributed by atoms with Crippen molar-refractivity contribution in [3.63, 3.8) is 0 Å². The number of ether oxygens (including phenoxy) is 2. The van der Waals surface area contributed by atoms with Crippen LogP contribution in [0.2, 0.25) is 0 Å². The van der Waals surface area contributed by atoms with E-state index >= 15 is 0 Å². The molecule has 1 saturated heterocycles. The van der Waals surface area contributed by atoms with E-state index in [0.29, 0.717) is 19.8 Å². The van der Waals surface area contributed by atoms with Gasteiger partial charge in [-0.25, -0.2) is 0 Å². The van der Waals surface area contributed by atoms with Crippen molar-refractivity contribution in [1.29, 1.82) is 0 Å². The molecule has 0 saturated carbocycles. The minimum atomic E-state index is -0.789. The summed E-state index contributed by atoms with van der Waals surface area (Å²) in [6, 6.07) is 7.27. The molecule has 4 heteroatoms. The van der Waals surface area contributed by atoms with E-state index in [9.17, 15) is 9.90 Å². The zero-order valence-electron chi connectivity index (χ0n) is 9.76. The second-order valence-electron chi connectivity index (χ2n) is 4.12. The molecule has 0 amide bonds. The van der Waals surface area contributed by atoms with Crippen LogP contribution in [0.5, 0.6) is 5.75 Å². The Morgan fingerprint density at radius 2 is 2.12 bits per heavy atom. The monoisotopic (exact) mass is 236 g/mol. The van der Waals surface area contributed by atoms with Gasteiger partial charge in [-0.15, -0.1) is 0 Å². The molecule has 1 N–H and O–H groups in total. The van der Waals surface area contributed by atoms with Gasteiger partial charge in [0.1, 0.15) is 5.75 Å². The zero-order valence-corrected chi connectivity index (χ0v) is 9.76. The van der Waals surface area contributed by atoms with Crippen LogP contribution in [-0.2, 0) is 9.53 Å². The van der Waals surface area contributed by atoms with Crippen LogP contribution in [0.1, 0.15) is 18.4 Å².